The lowest BCUT2D eigenvalue weighted by atomic mass is 10.2. The van der Waals surface area contributed by atoms with Gasteiger partial charge in [-0.05, 0) is 35.9 Å². The second-order valence-electron chi connectivity index (χ2n) is 5.77. The molecule has 1 amide bonds. The zero-order valence-electron chi connectivity index (χ0n) is 14.5. The van der Waals surface area contributed by atoms with Gasteiger partial charge < -0.3 is 15.4 Å². The van der Waals surface area contributed by atoms with Crippen LogP contribution in [0.15, 0.2) is 42.6 Å². The van der Waals surface area contributed by atoms with E-state index in [2.05, 4.69) is 15.6 Å². The molecule has 148 valence electrons. The number of hydrogen-bond acceptors (Lipinski definition) is 5. The molecule has 2 N–H and O–H groups in total. The number of nitrogens with one attached hydrogen (secondary N) is 2. The number of rotatable bonds is 6. The van der Waals surface area contributed by atoms with E-state index >= 15 is 0 Å². The van der Waals surface area contributed by atoms with Crippen molar-refractivity contribution in [3.63, 3.8) is 0 Å². The van der Waals surface area contributed by atoms with Gasteiger partial charge in [0.15, 0.2) is 0 Å². The Hall–Kier alpha value is -1.54. The summed E-state index contributed by atoms with van der Waals surface area (Å²) < 4.78 is 18.5. The predicted octanol–water partition coefficient (Wildman–Crippen LogP) is 3.57. The minimum atomic E-state index is -0.317. The van der Waals surface area contributed by atoms with E-state index in [0.29, 0.717) is 24.6 Å². The fraction of sp³-hybridized carbons (Fsp3) is 0.333. The molecule has 0 spiro atoms. The van der Waals surface area contributed by atoms with Gasteiger partial charge in [0.2, 0.25) is 11.8 Å². The smallest absolute Gasteiger partial charge is 0.221 e. The maximum Gasteiger partial charge on any atom is 0.221 e. The van der Waals surface area contributed by atoms with Crippen molar-refractivity contribution < 1.29 is 13.9 Å². The molecule has 0 radical (unpaired) electrons. The Morgan fingerprint density at radius 1 is 1.30 bits per heavy atom. The first kappa shape index (κ1) is 23.5. The van der Waals surface area contributed by atoms with Crippen LogP contribution in [0.5, 0.6) is 11.6 Å². The van der Waals surface area contributed by atoms with Crippen LogP contribution in [0.4, 0.5) is 4.39 Å². The number of carbonyl (C=O) groups is 1. The third-order valence-corrected chi connectivity index (χ3v) is 4.89. The minimum absolute atomic E-state index is 0. The molecule has 2 heterocycles. The van der Waals surface area contributed by atoms with E-state index in [0.717, 1.165) is 23.6 Å². The number of hydrogen-bond donors (Lipinski definition) is 2. The third-order valence-electron chi connectivity index (χ3n) is 3.76. The van der Waals surface area contributed by atoms with Gasteiger partial charge in [-0.15, -0.1) is 24.8 Å². The normalized spacial score (nSPS) is 15.8. The number of halogens is 3. The van der Waals surface area contributed by atoms with Gasteiger partial charge in [-0.3, -0.25) is 4.79 Å². The van der Waals surface area contributed by atoms with Crippen molar-refractivity contribution in [2.24, 2.45) is 0 Å². The molecule has 1 unspecified atom stereocenters. The number of aromatic nitrogens is 1. The molecule has 1 aliphatic rings. The number of nitrogens with zero attached hydrogens (tertiary/aromatic N) is 1. The van der Waals surface area contributed by atoms with Crippen molar-refractivity contribution >= 4 is 42.5 Å². The van der Waals surface area contributed by atoms with Gasteiger partial charge >= 0.3 is 0 Å². The molecule has 9 heteroatoms. The van der Waals surface area contributed by atoms with Crippen LogP contribution in [-0.4, -0.2) is 35.0 Å². The quantitative estimate of drug-likeness (QED) is 0.728. The van der Waals surface area contributed by atoms with Gasteiger partial charge in [0.1, 0.15) is 11.6 Å². The highest BCUT2D eigenvalue weighted by Crippen LogP contribution is 2.20. The number of benzene rings is 1. The monoisotopic (exact) mass is 433 g/mol. The zero-order chi connectivity index (χ0) is 17.5. The van der Waals surface area contributed by atoms with Gasteiger partial charge in [-0.25, -0.2) is 9.37 Å². The van der Waals surface area contributed by atoms with E-state index in [1.54, 1.807) is 24.4 Å². The topological polar surface area (TPSA) is 63.2 Å². The molecule has 1 aromatic heterocycles. The highest BCUT2D eigenvalue weighted by molar-refractivity contribution is 7.99. The van der Waals surface area contributed by atoms with Crippen LogP contribution in [0, 0.1) is 5.82 Å². The fourth-order valence-corrected chi connectivity index (χ4v) is 3.44. The summed E-state index contributed by atoms with van der Waals surface area (Å²) in [6, 6.07) is 9.58. The molecule has 1 saturated heterocycles. The molecule has 0 saturated carbocycles. The lowest BCUT2D eigenvalue weighted by Gasteiger charge is -2.22. The molecule has 2 aromatic rings. The Balaban J connectivity index is 0.00000182. The maximum absolute atomic E-state index is 12.9. The standard InChI is InChI=1S/C18H20FN3O2S.2ClH/c19-14-1-3-16(4-2-14)24-18-9-13(5-6-21-18)11-22-17(23)10-15-12-25-8-7-20-15;;/h1-6,9,15,20H,7-8,10-12H2,(H,22,23);2*1H. The Bertz CT molecular complexity index is 716. The van der Waals surface area contributed by atoms with Gasteiger partial charge in [0.05, 0.1) is 0 Å². The van der Waals surface area contributed by atoms with Crippen LogP contribution in [0.3, 0.4) is 0 Å². The van der Waals surface area contributed by atoms with Gasteiger partial charge in [-0.2, -0.15) is 11.8 Å². The van der Waals surface area contributed by atoms with E-state index < -0.39 is 0 Å². The molecular weight excluding hydrogens is 412 g/mol. The molecule has 1 atom stereocenters. The number of ether oxygens (including phenoxy) is 1. The first-order valence-corrected chi connectivity index (χ1v) is 9.31. The highest BCUT2D eigenvalue weighted by Gasteiger charge is 2.16. The van der Waals surface area contributed by atoms with Crippen LogP contribution in [-0.2, 0) is 11.3 Å². The van der Waals surface area contributed by atoms with E-state index in [1.807, 2.05) is 17.8 Å². The van der Waals surface area contributed by atoms with Crippen molar-refractivity contribution in [3.8, 4) is 11.6 Å². The van der Waals surface area contributed by atoms with Crippen molar-refractivity contribution in [2.45, 2.75) is 19.0 Å². The van der Waals surface area contributed by atoms with Crippen molar-refractivity contribution in [1.29, 1.82) is 0 Å². The molecular formula is C18H22Cl2FN3O2S. The fourth-order valence-electron chi connectivity index (χ4n) is 2.49. The summed E-state index contributed by atoms with van der Waals surface area (Å²) in [5.74, 6) is 2.70. The molecule has 27 heavy (non-hydrogen) atoms. The van der Waals surface area contributed by atoms with Crippen LogP contribution in [0.2, 0.25) is 0 Å². The summed E-state index contributed by atoms with van der Waals surface area (Å²) in [6.45, 7) is 1.37. The summed E-state index contributed by atoms with van der Waals surface area (Å²) in [4.78, 5) is 16.2. The molecule has 3 rings (SSSR count). The lowest BCUT2D eigenvalue weighted by Crippen LogP contribution is -2.41. The first-order valence-electron chi connectivity index (χ1n) is 8.15. The molecule has 0 aliphatic carbocycles. The predicted molar refractivity (Wildman–Crippen MR) is 111 cm³/mol. The van der Waals surface area contributed by atoms with Crippen LogP contribution in [0.25, 0.3) is 0 Å². The number of pyridine rings is 1. The van der Waals surface area contributed by atoms with Crippen LogP contribution >= 0.6 is 36.6 Å². The second kappa shape index (κ2) is 12.0. The third kappa shape index (κ3) is 7.92. The number of carbonyl (C=O) groups excluding carboxylic acids is 1. The average Bonchev–Trinajstić information content (AvgIpc) is 2.63. The molecule has 0 bridgehead atoms. The van der Waals surface area contributed by atoms with Gasteiger partial charge in [-0.1, -0.05) is 0 Å². The summed E-state index contributed by atoms with van der Waals surface area (Å²) in [6.07, 6.45) is 2.11. The summed E-state index contributed by atoms with van der Waals surface area (Å²) in [5, 5.41) is 6.27. The largest absolute Gasteiger partial charge is 0.439 e. The van der Waals surface area contributed by atoms with Gasteiger partial charge in [0, 0.05) is 49.3 Å². The Kier molecular flexibility index (Phi) is 10.5. The summed E-state index contributed by atoms with van der Waals surface area (Å²) >= 11 is 1.87. The highest BCUT2D eigenvalue weighted by atomic mass is 35.5. The maximum atomic E-state index is 12.9. The Morgan fingerprint density at radius 2 is 2.07 bits per heavy atom. The van der Waals surface area contributed by atoms with E-state index in [9.17, 15) is 9.18 Å². The van der Waals surface area contributed by atoms with E-state index in [4.69, 9.17) is 4.74 Å². The molecule has 1 aromatic carbocycles. The van der Waals surface area contributed by atoms with Crippen molar-refractivity contribution in [1.82, 2.24) is 15.6 Å². The Morgan fingerprint density at radius 3 is 2.78 bits per heavy atom. The summed E-state index contributed by atoms with van der Waals surface area (Å²) in [7, 11) is 0. The SMILES string of the molecule is Cl.Cl.O=C(CC1CSCCN1)NCc1ccnc(Oc2ccc(F)cc2)c1. The van der Waals surface area contributed by atoms with Crippen molar-refractivity contribution in [2.75, 3.05) is 18.1 Å². The van der Waals surface area contributed by atoms with E-state index in [-0.39, 0.29) is 42.6 Å². The number of amides is 1. The van der Waals surface area contributed by atoms with Crippen molar-refractivity contribution in [3.05, 3.63) is 54.0 Å². The van der Waals surface area contributed by atoms with Crippen LogP contribution < -0.4 is 15.4 Å². The lowest BCUT2D eigenvalue weighted by molar-refractivity contribution is -0.121. The number of thioether (sulfide) groups is 1. The van der Waals surface area contributed by atoms with Crippen LogP contribution in [0.1, 0.15) is 12.0 Å². The first-order chi connectivity index (χ1) is 12.2. The summed E-state index contributed by atoms with van der Waals surface area (Å²) in [5.41, 5.74) is 0.895. The molecule has 1 aliphatic heterocycles. The average molecular weight is 434 g/mol. The van der Waals surface area contributed by atoms with Gasteiger partial charge in [0.25, 0.3) is 0 Å². The Labute approximate surface area is 174 Å². The molecule has 1 fully saturated rings. The minimum Gasteiger partial charge on any atom is -0.439 e. The zero-order valence-corrected chi connectivity index (χ0v) is 17.0. The van der Waals surface area contributed by atoms with E-state index in [1.165, 1.54) is 12.1 Å². The second-order valence-corrected chi connectivity index (χ2v) is 6.91. The molecule has 5 nitrogen and oxygen atoms in total.